The van der Waals surface area contributed by atoms with E-state index >= 15 is 0 Å². The molecule has 0 bridgehead atoms. The summed E-state index contributed by atoms with van der Waals surface area (Å²) in [5.74, 6) is -0.0701. The Kier molecular flexibility index (Phi) is 70.1. The van der Waals surface area contributed by atoms with E-state index in [0.29, 0.717) is 6.42 Å². The first-order valence-corrected chi connectivity index (χ1v) is 36.9. The van der Waals surface area contributed by atoms with Gasteiger partial charge in [0.25, 0.3) is 0 Å². The number of aliphatic hydroxyl groups is 2. The lowest BCUT2D eigenvalue weighted by Gasteiger charge is -2.19. The maximum atomic E-state index is 12.5. The number of allylic oxidation sites excluding steroid dienone is 7. The Labute approximate surface area is 503 Å². The molecule has 0 radical (unpaired) electrons. The van der Waals surface area contributed by atoms with Crippen LogP contribution in [0.4, 0.5) is 0 Å². The molecule has 2 unspecified atom stereocenters. The molecule has 0 spiro atoms. The molecule has 472 valence electrons. The molecule has 0 aromatic carbocycles. The summed E-state index contributed by atoms with van der Waals surface area (Å²) >= 11 is 0. The van der Waals surface area contributed by atoms with Gasteiger partial charge in [-0.15, -0.1) is 0 Å². The largest absolute Gasteiger partial charge is 0.394 e. The number of carbonyl (C=O) groups is 1. The van der Waals surface area contributed by atoms with Gasteiger partial charge in [-0.2, -0.15) is 0 Å². The van der Waals surface area contributed by atoms with Crippen LogP contribution in [-0.4, -0.2) is 34.9 Å². The first-order chi connectivity index (χ1) is 39.7. The summed E-state index contributed by atoms with van der Waals surface area (Å²) < 4.78 is 0. The minimum atomic E-state index is -0.872. The van der Waals surface area contributed by atoms with Crippen LogP contribution in [0.3, 0.4) is 0 Å². The van der Waals surface area contributed by atoms with Gasteiger partial charge in [0, 0.05) is 6.42 Å². The van der Waals surface area contributed by atoms with E-state index in [-0.39, 0.29) is 12.5 Å². The molecular weight excluding hydrogens is 975 g/mol. The Morgan fingerprint density at radius 3 is 0.725 bits per heavy atom. The summed E-state index contributed by atoms with van der Waals surface area (Å²) in [6.45, 7) is 4.34. The number of unbranched alkanes of at least 4 members (excludes halogenated alkanes) is 56. The second-order valence-electron chi connectivity index (χ2n) is 25.3. The van der Waals surface area contributed by atoms with E-state index in [4.69, 9.17) is 0 Å². The zero-order valence-corrected chi connectivity index (χ0v) is 54.6. The van der Waals surface area contributed by atoms with Gasteiger partial charge >= 0.3 is 0 Å². The molecule has 1 amide bonds. The number of carbonyl (C=O) groups excluding carboxylic acids is 1. The first-order valence-electron chi connectivity index (χ1n) is 36.9. The average Bonchev–Trinajstić information content (AvgIpc) is 3.46. The Bertz CT molecular complexity index is 1270. The molecule has 0 heterocycles. The van der Waals surface area contributed by atoms with Gasteiger partial charge in [0.1, 0.15) is 0 Å². The molecule has 4 heteroatoms. The van der Waals surface area contributed by atoms with Crippen LogP contribution in [0.2, 0.25) is 0 Å². The van der Waals surface area contributed by atoms with Crippen LogP contribution >= 0.6 is 0 Å². The Morgan fingerprint density at radius 1 is 0.287 bits per heavy atom. The molecule has 3 N–H and O–H groups in total. The molecule has 0 rings (SSSR count). The van der Waals surface area contributed by atoms with E-state index in [1.54, 1.807) is 6.08 Å². The predicted molar refractivity (Wildman–Crippen MR) is 359 cm³/mol. The van der Waals surface area contributed by atoms with E-state index in [0.717, 1.165) is 38.5 Å². The highest BCUT2D eigenvalue weighted by atomic mass is 16.3. The Balaban J connectivity index is 3.45. The van der Waals surface area contributed by atoms with Crippen molar-refractivity contribution in [1.29, 1.82) is 0 Å². The number of hydrogen-bond acceptors (Lipinski definition) is 3. The number of aliphatic hydroxyl groups excluding tert-OH is 2. The minimum Gasteiger partial charge on any atom is -0.394 e. The van der Waals surface area contributed by atoms with Crippen molar-refractivity contribution in [3.05, 3.63) is 48.6 Å². The molecule has 4 nitrogen and oxygen atoms in total. The fourth-order valence-corrected chi connectivity index (χ4v) is 11.7. The summed E-state index contributed by atoms with van der Waals surface area (Å²) in [7, 11) is 0. The van der Waals surface area contributed by atoms with Crippen LogP contribution in [0.5, 0.6) is 0 Å². The van der Waals surface area contributed by atoms with Gasteiger partial charge in [0.15, 0.2) is 0 Å². The van der Waals surface area contributed by atoms with Crippen molar-refractivity contribution < 1.29 is 15.0 Å². The Hall–Kier alpha value is -1.65. The van der Waals surface area contributed by atoms with Crippen LogP contribution in [0, 0.1) is 0 Å². The van der Waals surface area contributed by atoms with E-state index in [1.165, 1.54) is 353 Å². The highest BCUT2D eigenvalue weighted by Gasteiger charge is 2.18. The van der Waals surface area contributed by atoms with Crippen molar-refractivity contribution in [2.45, 2.75) is 424 Å². The molecule has 0 saturated heterocycles. The molecule has 0 aliphatic carbocycles. The smallest absolute Gasteiger partial charge is 0.220 e. The summed E-state index contributed by atoms with van der Waals surface area (Å²) in [5, 5.41) is 23.3. The summed E-state index contributed by atoms with van der Waals surface area (Å²) in [4.78, 5) is 12.5. The van der Waals surface area contributed by atoms with E-state index < -0.39 is 12.1 Å². The van der Waals surface area contributed by atoms with Gasteiger partial charge in [-0.3, -0.25) is 4.79 Å². The van der Waals surface area contributed by atoms with Crippen LogP contribution in [0.1, 0.15) is 412 Å². The van der Waals surface area contributed by atoms with Gasteiger partial charge in [-0.1, -0.05) is 383 Å². The number of rotatable bonds is 69. The minimum absolute atomic E-state index is 0.0701. The second-order valence-corrected chi connectivity index (χ2v) is 25.3. The number of nitrogens with one attached hydrogen (secondary N) is 1. The topological polar surface area (TPSA) is 69.6 Å². The lowest BCUT2D eigenvalue weighted by Crippen LogP contribution is -2.45. The van der Waals surface area contributed by atoms with Crippen LogP contribution < -0.4 is 5.32 Å². The normalized spacial score (nSPS) is 12.9. The van der Waals surface area contributed by atoms with Crippen molar-refractivity contribution in [2.75, 3.05) is 6.61 Å². The second kappa shape index (κ2) is 71.6. The number of amides is 1. The van der Waals surface area contributed by atoms with Crippen LogP contribution in [0.15, 0.2) is 48.6 Å². The maximum Gasteiger partial charge on any atom is 0.220 e. The van der Waals surface area contributed by atoms with Crippen molar-refractivity contribution in [1.82, 2.24) is 5.32 Å². The lowest BCUT2D eigenvalue weighted by atomic mass is 10.0. The van der Waals surface area contributed by atoms with Crippen molar-refractivity contribution in [2.24, 2.45) is 0 Å². The SMILES string of the molecule is CCCCCCCCCC/C=C\CCCCCCCCCCCCCCCCCCCCCCCCCC(=O)NC(CO)C(O)/C=C/CC/C=C/CC/C=C/CCCCCCCCCCCCCCCCCCCCCCCCC. The van der Waals surface area contributed by atoms with E-state index in [9.17, 15) is 15.0 Å². The third-order valence-corrected chi connectivity index (χ3v) is 17.3. The zero-order valence-electron chi connectivity index (χ0n) is 54.6. The standard InChI is InChI=1S/C76H145NO3/c1-3-5-7-9-11-13-15-17-19-21-23-25-27-29-31-33-35-37-38-40-42-44-46-48-50-52-54-56-58-60-62-64-66-68-70-72-76(80)77-74(73-78)75(79)71-69-67-65-63-61-59-57-55-53-51-49-47-45-43-41-39-36-34-32-30-28-26-24-22-20-18-16-14-12-10-8-6-4-2/h21,23,53,55,61,63,69,71,74-75,78-79H,3-20,22,24-52,54,56-60,62,64-68,70,72-73H2,1-2H3,(H,77,80)/b23-21-,55-53+,63-61+,71-69+. The number of hydrogen-bond donors (Lipinski definition) is 3. The third kappa shape index (κ3) is 67.1. The molecule has 80 heavy (non-hydrogen) atoms. The molecule has 2 atom stereocenters. The molecule has 0 fully saturated rings. The van der Waals surface area contributed by atoms with Crippen LogP contribution in [-0.2, 0) is 4.79 Å². The van der Waals surface area contributed by atoms with Crippen molar-refractivity contribution >= 4 is 5.91 Å². The quantitative estimate of drug-likeness (QED) is 0.0420. The predicted octanol–water partition coefficient (Wildman–Crippen LogP) is 25.3. The summed E-state index contributed by atoms with van der Waals surface area (Å²) in [5.41, 5.74) is 0. The fraction of sp³-hybridized carbons (Fsp3) is 0.882. The molecular formula is C76H145NO3. The van der Waals surface area contributed by atoms with E-state index in [2.05, 4.69) is 55.6 Å². The monoisotopic (exact) mass is 1120 g/mol. The molecule has 0 aromatic heterocycles. The van der Waals surface area contributed by atoms with Crippen molar-refractivity contribution in [3.8, 4) is 0 Å². The van der Waals surface area contributed by atoms with Gasteiger partial charge in [-0.25, -0.2) is 0 Å². The lowest BCUT2D eigenvalue weighted by molar-refractivity contribution is -0.123. The third-order valence-electron chi connectivity index (χ3n) is 17.3. The van der Waals surface area contributed by atoms with Crippen molar-refractivity contribution in [3.63, 3.8) is 0 Å². The highest BCUT2D eigenvalue weighted by molar-refractivity contribution is 5.76. The van der Waals surface area contributed by atoms with Gasteiger partial charge < -0.3 is 15.5 Å². The average molecular weight is 1120 g/mol. The van der Waals surface area contributed by atoms with Gasteiger partial charge in [0.2, 0.25) is 5.91 Å². The van der Waals surface area contributed by atoms with Crippen LogP contribution in [0.25, 0.3) is 0 Å². The molecule has 0 aliphatic heterocycles. The summed E-state index contributed by atoms with van der Waals surface area (Å²) in [6, 6.07) is -0.647. The van der Waals surface area contributed by atoms with E-state index in [1.807, 2.05) is 6.08 Å². The zero-order chi connectivity index (χ0) is 57.6. The van der Waals surface area contributed by atoms with Gasteiger partial charge in [0.05, 0.1) is 18.8 Å². The Morgan fingerprint density at radius 2 is 0.487 bits per heavy atom. The fourth-order valence-electron chi connectivity index (χ4n) is 11.7. The summed E-state index contributed by atoms with van der Waals surface area (Å²) in [6.07, 6.45) is 101. The molecule has 0 saturated carbocycles. The van der Waals surface area contributed by atoms with Gasteiger partial charge in [-0.05, 0) is 70.6 Å². The maximum absolute atomic E-state index is 12.5. The first kappa shape index (κ1) is 78.4. The highest BCUT2D eigenvalue weighted by Crippen LogP contribution is 2.19. The molecule has 0 aliphatic rings. The molecule has 0 aromatic rings.